The Morgan fingerprint density at radius 2 is 1.97 bits per heavy atom. The molecule has 2 heterocycles. The zero-order valence-electron chi connectivity index (χ0n) is 17.4. The number of carbonyl (C=O) groups is 2. The van der Waals surface area contributed by atoms with Crippen molar-refractivity contribution in [1.29, 1.82) is 0 Å². The standard InChI is InChI=1S/C23H28ClN3O3/c1-14(2)11-20-22(28)25-19(15-5-3-4-6-15)13-27(20)23(29)18-12-21(30-26-18)16-7-9-17(24)10-8-16/h7-10,12,14-15,19-20H,3-6,11,13H2,1-2H3,(H,25,28). The maximum absolute atomic E-state index is 13.4. The van der Waals surface area contributed by atoms with E-state index in [1.54, 1.807) is 23.1 Å². The summed E-state index contributed by atoms with van der Waals surface area (Å²) in [6, 6.07) is 8.35. The van der Waals surface area contributed by atoms with Crippen LogP contribution in [-0.4, -0.2) is 40.5 Å². The van der Waals surface area contributed by atoms with Gasteiger partial charge in [0.1, 0.15) is 6.04 Å². The van der Waals surface area contributed by atoms with E-state index in [1.165, 1.54) is 12.8 Å². The lowest BCUT2D eigenvalue weighted by Gasteiger charge is -2.41. The first kappa shape index (κ1) is 20.9. The summed E-state index contributed by atoms with van der Waals surface area (Å²) in [5.41, 5.74) is 1.03. The van der Waals surface area contributed by atoms with Gasteiger partial charge in [0, 0.05) is 29.2 Å². The third kappa shape index (κ3) is 4.38. The molecule has 1 N–H and O–H groups in total. The Morgan fingerprint density at radius 1 is 1.27 bits per heavy atom. The average Bonchev–Trinajstić information content (AvgIpc) is 3.41. The van der Waals surface area contributed by atoms with Gasteiger partial charge in [0.25, 0.3) is 5.91 Å². The molecule has 160 valence electrons. The molecule has 2 amide bonds. The summed E-state index contributed by atoms with van der Waals surface area (Å²) in [6.45, 7) is 4.65. The van der Waals surface area contributed by atoms with Gasteiger partial charge in [-0.15, -0.1) is 0 Å². The first-order valence-corrected chi connectivity index (χ1v) is 11.1. The highest BCUT2D eigenvalue weighted by atomic mass is 35.5. The van der Waals surface area contributed by atoms with E-state index in [4.69, 9.17) is 16.1 Å². The van der Waals surface area contributed by atoms with Gasteiger partial charge in [-0.2, -0.15) is 0 Å². The molecule has 2 aliphatic rings. The van der Waals surface area contributed by atoms with Crippen LogP contribution in [0.1, 0.15) is 56.4 Å². The number of aromatic nitrogens is 1. The lowest BCUT2D eigenvalue weighted by Crippen LogP contribution is -2.63. The van der Waals surface area contributed by atoms with Gasteiger partial charge in [-0.05, 0) is 55.4 Å². The number of nitrogens with one attached hydrogen (secondary N) is 1. The quantitative estimate of drug-likeness (QED) is 0.757. The Hall–Kier alpha value is -2.34. The molecule has 7 heteroatoms. The minimum atomic E-state index is -0.481. The second kappa shape index (κ2) is 8.80. The van der Waals surface area contributed by atoms with Crippen LogP contribution in [0, 0.1) is 11.8 Å². The minimum absolute atomic E-state index is 0.00926. The van der Waals surface area contributed by atoms with Crippen LogP contribution in [0.3, 0.4) is 0 Å². The lowest BCUT2D eigenvalue weighted by molar-refractivity contribution is -0.130. The number of carbonyl (C=O) groups excluding carboxylic acids is 2. The number of benzene rings is 1. The van der Waals surface area contributed by atoms with E-state index < -0.39 is 6.04 Å². The van der Waals surface area contributed by atoms with Gasteiger partial charge in [-0.3, -0.25) is 9.59 Å². The van der Waals surface area contributed by atoms with E-state index in [-0.39, 0.29) is 23.6 Å². The predicted octanol–water partition coefficient (Wildman–Crippen LogP) is 4.54. The summed E-state index contributed by atoms with van der Waals surface area (Å²) in [4.78, 5) is 28.1. The van der Waals surface area contributed by atoms with E-state index in [1.807, 2.05) is 12.1 Å². The fourth-order valence-electron chi connectivity index (χ4n) is 4.61. The molecule has 30 heavy (non-hydrogen) atoms. The molecular formula is C23H28ClN3O3. The molecule has 1 aromatic heterocycles. The van der Waals surface area contributed by atoms with E-state index in [2.05, 4.69) is 24.3 Å². The third-order valence-corrected chi connectivity index (χ3v) is 6.43. The minimum Gasteiger partial charge on any atom is -0.355 e. The number of hydrogen-bond acceptors (Lipinski definition) is 4. The molecule has 1 aromatic carbocycles. The molecule has 1 aliphatic heterocycles. The van der Waals surface area contributed by atoms with Gasteiger partial charge in [0.05, 0.1) is 0 Å². The Kier molecular flexibility index (Phi) is 6.14. The van der Waals surface area contributed by atoms with Crippen molar-refractivity contribution in [3.05, 3.63) is 41.0 Å². The smallest absolute Gasteiger partial charge is 0.276 e. The summed E-state index contributed by atoms with van der Waals surface area (Å²) in [5, 5.41) is 7.85. The summed E-state index contributed by atoms with van der Waals surface area (Å²) >= 11 is 5.95. The van der Waals surface area contributed by atoms with Gasteiger partial charge in [0.15, 0.2) is 11.5 Å². The first-order chi connectivity index (χ1) is 14.4. The molecule has 4 rings (SSSR count). The van der Waals surface area contributed by atoms with Gasteiger partial charge in [-0.1, -0.05) is 43.4 Å². The van der Waals surface area contributed by atoms with Gasteiger partial charge in [-0.25, -0.2) is 0 Å². The van der Waals surface area contributed by atoms with E-state index in [0.717, 1.165) is 18.4 Å². The predicted molar refractivity (Wildman–Crippen MR) is 115 cm³/mol. The number of nitrogens with zero attached hydrogens (tertiary/aromatic N) is 2. The van der Waals surface area contributed by atoms with E-state index in [0.29, 0.717) is 35.6 Å². The van der Waals surface area contributed by atoms with Crippen LogP contribution in [0.25, 0.3) is 11.3 Å². The van der Waals surface area contributed by atoms with Crippen molar-refractivity contribution in [2.45, 2.75) is 58.0 Å². The van der Waals surface area contributed by atoms with Gasteiger partial charge in [0.2, 0.25) is 5.91 Å². The maximum Gasteiger partial charge on any atom is 0.276 e. The molecule has 2 fully saturated rings. The number of hydrogen-bond donors (Lipinski definition) is 1. The molecule has 1 saturated carbocycles. The van der Waals surface area contributed by atoms with Crippen molar-refractivity contribution in [1.82, 2.24) is 15.4 Å². The first-order valence-electron chi connectivity index (χ1n) is 10.8. The zero-order chi connectivity index (χ0) is 21.3. The molecular weight excluding hydrogens is 402 g/mol. The van der Waals surface area contributed by atoms with Crippen molar-refractivity contribution in [3.63, 3.8) is 0 Å². The summed E-state index contributed by atoms with van der Waals surface area (Å²) < 4.78 is 5.43. The van der Waals surface area contributed by atoms with Crippen LogP contribution in [0.4, 0.5) is 0 Å². The summed E-state index contributed by atoms with van der Waals surface area (Å²) in [7, 11) is 0. The molecule has 6 nitrogen and oxygen atoms in total. The summed E-state index contributed by atoms with van der Waals surface area (Å²) in [6.07, 6.45) is 5.21. The fraction of sp³-hybridized carbons (Fsp3) is 0.522. The average molecular weight is 430 g/mol. The van der Waals surface area contributed by atoms with Crippen molar-refractivity contribution >= 4 is 23.4 Å². The van der Waals surface area contributed by atoms with Crippen molar-refractivity contribution < 1.29 is 14.1 Å². The second-order valence-corrected chi connectivity index (χ2v) is 9.28. The zero-order valence-corrected chi connectivity index (χ0v) is 18.2. The monoisotopic (exact) mass is 429 g/mol. The Morgan fingerprint density at radius 3 is 2.63 bits per heavy atom. The molecule has 0 bridgehead atoms. The Balaban J connectivity index is 1.58. The SMILES string of the molecule is CC(C)CC1C(=O)NC(C2CCCC2)CN1C(=O)c1cc(-c2ccc(Cl)cc2)on1. The molecule has 2 unspecified atom stereocenters. The lowest BCUT2D eigenvalue weighted by atomic mass is 9.91. The van der Waals surface area contributed by atoms with Gasteiger partial charge >= 0.3 is 0 Å². The van der Waals surface area contributed by atoms with E-state index in [9.17, 15) is 9.59 Å². The maximum atomic E-state index is 13.4. The van der Waals surface area contributed by atoms with Crippen LogP contribution in [0.5, 0.6) is 0 Å². The second-order valence-electron chi connectivity index (χ2n) is 8.85. The molecule has 2 aromatic rings. The number of rotatable bonds is 5. The van der Waals surface area contributed by atoms with Gasteiger partial charge < -0.3 is 14.7 Å². The Bertz CT molecular complexity index is 903. The summed E-state index contributed by atoms with van der Waals surface area (Å²) in [5.74, 6) is 0.931. The van der Waals surface area contributed by atoms with Crippen LogP contribution >= 0.6 is 11.6 Å². The van der Waals surface area contributed by atoms with Crippen LogP contribution < -0.4 is 5.32 Å². The van der Waals surface area contributed by atoms with Crippen molar-refractivity contribution in [2.24, 2.45) is 11.8 Å². The number of halogens is 1. The highest BCUT2D eigenvalue weighted by molar-refractivity contribution is 6.30. The third-order valence-electron chi connectivity index (χ3n) is 6.18. The topological polar surface area (TPSA) is 75.4 Å². The number of piperazine rings is 1. The van der Waals surface area contributed by atoms with Crippen LogP contribution in [0.2, 0.25) is 5.02 Å². The molecule has 1 aliphatic carbocycles. The fourth-order valence-corrected chi connectivity index (χ4v) is 4.74. The molecule has 1 saturated heterocycles. The molecule has 2 atom stereocenters. The highest BCUT2D eigenvalue weighted by Crippen LogP contribution is 2.31. The number of amides is 2. The van der Waals surface area contributed by atoms with Crippen molar-refractivity contribution in [2.75, 3.05) is 6.54 Å². The normalized spacial score (nSPS) is 22.5. The Labute approximate surface area is 181 Å². The molecule has 0 spiro atoms. The van der Waals surface area contributed by atoms with Crippen molar-refractivity contribution in [3.8, 4) is 11.3 Å². The van der Waals surface area contributed by atoms with E-state index >= 15 is 0 Å². The largest absolute Gasteiger partial charge is 0.355 e. The van der Waals surface area contributed by atoms with Crippen LogP contribution in [0.15, 0.2) is 34.9 Å². The molecule has 0 radical (unpaired) electrons. The van der Waals surface area contributed by atoms with Crippen LogP contribution in [-0.2, 0) is 4.79 Å². The highest BCUT2D eigenvalue weighted by Gasteiger charge is 2.41.